The molecular weight excluding hydrogens is 350 g/mol. The van der Waals surface area contributed by atoms with E-state index in [1.807, 2.05) is 23.1 Å². The van der Waals surface area contributed by atoms with Crippen LogP contribution in [-0.4, -0.2) is 53.0 Å². The van der Waals surface area contributed by atoms with Crippen LogP contribution >= 0.6 is 0 Å². The fourth-order valence-corrected chi connectivity index (χ4v) is 4.14. The molecule has 28 heavy (non-hydrogen) atoms. The van der Waals surface area contributed by atoms with Crippen LogP contribution in [0.4, 0.5) is 5.69 Å². The van der Waals surface area contributed by atoms with Crippen molar-refractivity contribution in [2.24, 2.45) is 0 Å². The van der Waals surface area contributed by atoms with E-state index in [0.717, 1.165) is 57.0 Å². The van der Waals surface area contributed by atoms with Crippen LogP contribution in [0, 0.1) is 6.92 Å². The molecule has 3 aromatic rings. The number of methoxy groups -OCH3 is 1. The van der Waals surface area contributed by atoms with Crippen molar-refractivity contribution in [1.29, 1.82) is 0 Å². The van der Waals surface area contributed by atoms with Crippen molar-refractivity contribution in [2.75, 3.05) is 38.2 Å². The fourth-order valence-electron chi connectivity index (χ4n) is 4.14. The van der Waals surface area contributed by atoms with Gasteiger partial charge in [0.1, 0.15) is 11.3 Å². The normalized spacial score (nSPS) is 15.8. The van der Waals surface area contributed by atoms with Crippen LogP contribution in [0.2, 0.25) is 0 Å². The van der Waals surface area contributed by atoms with Crippen LogP contribution in [0.25, 0.3) is 10.9 Å². The molecular formula is C22H29N5O. The Balaban J connectivity index is 1.55. The van der Waals surface area contributed by atoms with E-state index in [9.17, 15) is 0 Å². The molecule has 0 aliphatic carbocycles. The molecule has 0 N–H and O–H groups in total. The third-order valence-electron chi connectivity index (χ3n) is 5.56. The Morgan fingerprint density at radius 1 is 1.11 bits per heavy atom. The zero-order valence-electron chi connectivity index (χ0n) is 17.1. The minimum absolute atomic E-state index is 0.836. The van der Waals surface area contributed by atoms with Crippen molar-refractivity contribution < 1.29 is 4.74 Å². The first-order valence-electron chi connectivity index (χ1n) is 10.1. The lowest BCUT2D eigenvalue weighted by Crippen LogP contribution is -2.31. The Morgan fingerprint density at radius 3 is 2.79 bits per heavy atom. The van der Waals surface area contributed by atoms with Gasteiger partial charge in [-0.15, -0.1) is 0 Å². The molecule has 0 spiro atoms. The number of aryl methyl sites for hydroxylation is 2. The maximum atomic E-state index is 5.53. The molecule has 1 aromatic carbocycles. The van der Waals surface area contributed by atoms with Crippen LogP contribution in [0.3, 0.4) is 0 Å². The predicted molar refractivity (Wildman–Crippen MR) is 113 cm³/mol. The summed E-state index contributed by atoms with van der Waals surface area (Å²) >= 11 is 0. The fraction of sp³-hybridized carbons (Fsp3) is 0.455. The third-order valence-corrected chi connectivity index (χ3v) is 5.56. The largest absolute Gasteiger partial charge is 0.494 e. The maximum absolute atomic E-state index is 5.53. The molecule has 0 radical (unpaired) electrons. The molecule has 1 aliphatic heterocycles. The highest BCUT2D eigenvalue weighted by Crippen LogP contribution is 2.34. The van der Waals surface area contributed by atoms with Gasteiger partial charge >= 0.3 is 0 Å². The lowest BCUT2D eigenvalue weighted by molar-refractivity contribution is 0.285. The lowest BCUT2D eigenvalue weighted by Gasteiger charge is -2.26. The molecule has 6 nitrogen and oxygen atoms in total. The molecule has 0 unspecified atom stereocenters. The highest BCUT2D eigenvalue weighted by molar-refractivity contribution is 5.96. The number of benzene rings is 1. The van der Waals surface area contributed by atoms with Crippen LogP contribution in [0.1, 0.15) is 24.5 Å². The van der Waals surface area contributed by atoms with E-state index in [2.05, 4.69) is 52.1 Å². The van der Waals surface area contributed by atoms with Crippen LogP contribution in [0.15, 0.2) is 36.8 Å². The van der Waals surface area contributed by atoms with Crippen molar-refractivity contribution in [3.8, 4) is 5.75 Å². The number of hydrogen-bond donors (Lipinski definition) is 0. The number of aromatic nitrogens is 3. The minimum atomic E-state index is 0.836. The maximum Gasteiger partial charge on any atom is 0.145 e. The van der Waals surface area contributed by atoms with Gasteiger partial charge in [-0.05, 0) is 31.9 Å². The van der Waals surface area contributed by atoms with Crippen molar-refractivity contribution >= 4 is 16.6 Å². The smallest absolute Gasteiger partial charge is 0.145 e. The Labute approximate surface area is 166 Å². The van der Waals surface area contributed by atoms with E-state index < -0.39 is 0 Å². The lowest BCUT2D eigenvalue weighted by atomic mass is 10.1. The summed E-state index contributed by atoms with van der Waals surface area (Å²) in [6.45, 7) is 10.4. The summed E-state index contributed by atoms with van der Waals surface area (Å²) in [6.07, 6.45) is 7.28. The standard InChI is InChI=1S/C22H29N5O/c1-4-27-16-18(14-24-27)15-25-9-6-10-26(12-11-25)22-17(2)13-23-21-19(22)7-5-8-20(21)28-3/h5,7-8,13-14,16H,4,6,9-12,15H2,1-3H3. The molecule has 0 atom stereocenters. The van der Waals surface area contributed by atoms with Gasteiger partial charge in [0.2, 0.25) is 0 Å². The second-order valence-electron chi connectivity index (χ2n) is 7.47. The second kappa shape index (κ2) is 8.19. The molecule has 3 heterocycles. The average molecular weight is 380 g/mol. The number of para-hydroxylation sites is 1. The van der Waals surface area contributed by atoms with Gasteiger partial charge in [-0.2, -0.15) is 5.10 Å². The first kappa shape index (κ1) is 18.7. The molecule has 6 heteroatoms. The Morgan fingerprint density at radius 2 is 2.00 bits per heavy atom. The van der Waals surface area contributed by atoms with Crippen LogP contribution < -0.4 is 9.64 Å². The predicted octanol–water partition coefficient (Wildman–Crippen LogP) is 3.48. The van der Waals surface area contributed by atoms with Crippen LogP contribution in [-0.2, 0) is 13.1 Å². The summed E-state index contributed by atoms with van der Waals surface area (Å²) < 4.78 is 7.53. The molecule has 1 fully saturated rings. The Bertz CT molecular complexity index is 951. The van der Waals surface area contributed by atoms with E-state index >= 15 is 0 Å². The molecule has 1 saturated heterocycles. The number of nitrogens with zero attached hydrogens (tertiary/aromatic N) is 5. The summed E-state index contributed by atoms with van der Waals surface area (Å²) in [5, 5.41) is 5.59. The van der Waals surface area contributed by atoms with Gasteiger partial charge in [0.25, 0.3) is 0 Å². The van der Waals surface area contributed by atoms with E-state index in [1.165, 1.54) is 22.2 Å². The highest BCUT2D eigenvalue weighted by Gasteiger charge is 2.20. The van der Waals surface area contributed by atoms with Gasteiger partial charge in [0, 0.05) is 62.6 Å². The van der Waals surface area contributed by atoms with Crippen LogP contribution in [0.5, 0.6) is 5.75 Å². The molecule has 0 saturated carbocycles. The zero-order valence-corrected chi connectivity index (χ0v) is 17.1. The topological polar surface area (TPSA) is 46.4 Å². The summed E-state index contributed by atoms with van der Waals surface area (Å²) in [4.78, 5) is 9.70. The highest BCUT2D eigenvalue weighted by atomic mass is 16.5. The summed E-state index contributed by atoms with van der Waals surface area (Å²) in [6, 6.07) is 6.20. The first-order valence-corrected chi connectivity index (χ1v) is 10.1. The average Bonchev–Trinajstić information content (AvgIpc) is 3.05. The summed E-state index contributed by atoms with van der Waals surface area (Å²) in [7, 11) is 1.71. The van der Waals surface area contributed by atoms with E-state index in [1.54, 1.807) is 7.11 Å². The Hall–Kier alpha value is -2.60. The minimum Gasteiger partial charge on any atom is -0.494 e. The summed E-state index contributed by atoms with van der Waals surface area (Å²) in [5.41, 5.74) is 4.76. The van der Waals surface area contributed by atoms with E-state index in [4.69, 9.17) is 4.74 Å². The SMILES string of the molecule is CCn1cc(CN2CCCN(c3c(C)cnc4c(OC)cccc34)CC2)cn1. The number of hydrogen-bond acceptors (Lipinski definition) is 5. The van der Waals surface area contributed by atoms with Gasteiger partial charge in [-0.3, -0.25) is 14.6 Å². The third kappa shape index (κ3) is 3.69. The van der Waals surface area contributed by atoms with Gasteiger partial charge in [-0.25, -0.2) is 0 Å². The molecule has 1 aliphatic rings. The number of ether oxygens (including phenoxy) is 1. The van der Waals surface area contributed by atoms with Crippen molar-refractivity contribution in [3.05, 3.63) is 47.9 Å². The molecule has 0 bridgehead atoms. The number of anilines is 1. The second-order valence-corrected chi connectivity index (χ2v) is 7.47. The first-order chi connectivity index (χ1) is 13.7. The molecule has 2 aromatic heterocycles. The van der Waals surface area contributed by atoms with Crippen molar-refractivity contribution in [1.82, 2.24) is 19.7 Å². The van der Waals surface area contributed by atoms with Crippen molar-refractivity contribution in [2.45, 2.75) is 33.4 Å². The number of fused-ring (bicyclic) bond motifs is 1. The Kier molecular flexibility index (Phi) is 5.48. The van der Waals surface area contributed by atoms with Gasteiger partial charge in [-0.1, -0.05) is 12.1 Å². The molecule has 148 valence electrons. The number of rotatable bonds is 5. The molecule has 4 rings (SSSR count). The summed E-state index contributed by atoms with van der Waals surface area (Å²) in [5.74, 6) is 0.836. The van der Waals surface area contributed by atoms with Crippen molar-refractivity contribution in [3.63, 3.8) is 0 Å². The zero-order chi connectivity index (χ0) is 19.5. The molecule has 0 amide bonds. The van der Waals surface area contributed by atoms with E-state index in [0.29, 0.717) is 0 Å². The van der Waals surface area contributed by atoms with Gasteiger partial charge in [0.05, 0.1) is 19.0 Å². The van der Waals surface area contributed by atoms with Gasteiger partial charge in [0.15, 0.2) is 0 Å². The van der Waals surface area contributed by atoms with E-state index in [-0.39, 0.29) is 0 Å². The quantitative estimate of drug-likeness (QED) is 0.679. The number of pyridine rings is 1. The van der Waals surface area contributed by atoms with Gasteiger partial charge < -0.3 is 9.64 Å². The monoisotopic (exact) mass is 379 g/mol.